The molecular weight excluding hydrogens is 426 g/mol. The van der Waals surface area contributed by atoms with Crippen molar-refractivity contribution in [3.05, 3.63) is 106 Å². The Kier molecular flexibility index (Phi) is 5.49. The molecule has 1 amide bonds. The molecule has 1 aliphatic heterocycles. The van der Waals surface area contributed by atoms with E-state index in [9.17, 15) is 9.59 Å². The fourth-order valence-electron chi connectivity index (χ4n) is 4.38. The summed E-state index contributed by atoms with van der Waals surface area (Å²) in [5, 5.41) is 7.52. The van der Waals surface area contributed by atoms with Crippen molar-refractivity contribution in [3.8, 4) is 11.3 Å². The normalized spacial score (nSPS) is 14.9. The molecule has 0 radical (unpaired) electrons. The second-order valence-corrected chi connectivity index (χ2v) is 8.48. The van der Waals surface area contributed by atoms with Crippen LogP contribution in [-0.2, 0) is 4.74 Å². The Labute approximate surface area is 198 Å². The Morgan fingerprint density at radius 2 is 1.56 bits per heavy atom. The van der Waals surface area contributed by atoms with E-state index < -0.39 is 0 Å². The van der Waals surface area contributed by atoms with E-state index in [1.54, 1.807) is 36.1 Å². The predicted molar refractivity (Wildman–Crippen MR) is 131 cm³/mol. The molecule has 34 heavy (non-hydrogen) atoms. The Morgan fingerprint density at radius 3 is 2.18 bits per heavy atom. The molecule has 1 N–H and O–H groups in total. The van der Waals surface area contributed by atoms with Gasteiger partial charge in [-0.2, -0.15) is 5.10 Å². The molecule has 1 aromatic heterocycles. The van der Waals surface area contributed by atoms with Gasteiger partial charge in [0.25, 0.3) is 5.91 Å². The summed E-state index contributed by atoms with van der Waals surface area (Å²) >= 11 is 0. The smallest absolute Gasteiger partial charge is 0.338 e. The molecule has 1 aliphatic rings. The molecule has 0 aliphatic carbocycles. The largest absolute Gasteiger partial charge is 0.462 e. The zero-order chi connectivity index (χ0) is 23.8. The monoisotopic (exact) mass is 451 g/mol. The van der Waals surface area contributed by atoms with Crippen molar-refractivity contribution in [2.75, 3.05) is 11.5 Å². The summed E-state index contributed by atoms with van der Waals surface area (Å²) in [4.78, 5) is 27.5. The van der Waals surface area contributed by atoms with E-state index in [-0.39, 0.29) is 17.9 Å². The molecule has 0 spiro atoms. The van der Waals surface area contributed by atoms with Crippen molar-refractivity contribution in [2.24, 2.45) is 0 Å². The number of carbonyl (C=O) groups is 2. The van der Waals surface area contributed by atoms with Crippen molar-refractivity contribution in [3.63, 3.8) is 0 Å². The molecule has 0 saturated heterocycles. The van der Waals surface area contributed by atoms with E-state index in [1.807, 2.05) is 62.4 Å². The summed E-state index contributed by atoms with van der Waals surface area (Å²) in [6, 6.07) is 22.9. The molecule has 2 heterocycles. The van der Waals surface area contributed by atoms with Gasteiger partial charge < -0.3 is 4.74 Å². The van der Waals surface area contributed by atoms with Crippen LogP contribution >= 0.6 is 0 Å². The fourth-order valence-corrected chi connectivity index (χ4v) is 4.38. The van der Waals surface area contributed by atoms with Crippen LogP contribution in [-0.4, -0.2) is 28.7 Å². The summed E-state index contributed by atoms with van der Waals surface area (Å²) in [5.41, 5.74) is 7.49. The number of benzene rings is 3. The number of hydrogen-bond acceptors (Lipinski definition) is 4. The summed E-state index contributed by atoms with van der Waals surface area (Å²) < 4.78 is 5.09. The van der Waals surface area contributed by atoms with Crippen LogP contribution in [0.1, 0.15) is 56.1 Å². The fraction of sp³-hybridized carbons (Fsp3) is 0.179. The lowest BCUT2D eigenvalue weighted by molar-refractivity contribution is 0.0526. The number of nitrogens with one attached hydrogen (secondary N) is 1. The zero-order valence-corrected chi connectivity index (χ0v) is 19.3. The number of hydrogen-bond donors (Lipinski definition) is 1. The van der Waals surface area contributed by atoms with Gasteiger partial charge in [-0.25, -0.2) is 4.79 Å². The van der Waals surface area contributed by atoms with Crippen LogP contribution in [0.4, 0.5) is 5.69 Å². The van der Waals surface area contributed by atoms with Gasteiger partial charge in [0.2, 0.25) is 0 Å². The average Bonchev–Trinajstić information content (AvgIpc) is 3.39. The van der Waals surface area contributed by atoms with Crippen LogP contribution < -0.4 is 4.90 Å². The molecule has 0 bridgehead atoms. The first-order valence-corrected chi connectivity index (χ1v) is 11.3. The lowest BCUT2D eigenvalue weighted by atomic mass is 9.95. The highest BCUT2D eigenvalue weighted by molar-refractivity contribution is 6.12. The lowest BCUT2D eigenvalue weighted by Gasteiger charge is -2.26. The number of aryl methyl sites for hydroxylation is 2. The van der Waals surface area contributed by atoms with Crippen LogP contribution in [0.5, 0.6) is 0 Å². The molecule has 6 nitrogen and oxygen atoms in total. The second kappa shape index (κ2) is 8.63. The molecule has 170 valence electrons. The molecular formula is C28H25N3O3. The Balaban J connectivity index is 1.63. The number of fused-ring (bicyclic) bond motifs is 1. The van der Waals surface area contributed by atoms with Crippen LogP contribution in [0.15, 0.2) is 72.8 Å². The van der Waals surface area contributed by atoms with Crippen LogP contribution in [0.25, 0.3) is 11.3 Å². The average molecular weight is 452 g/mol. The Bertz CT molecular complexity index is 1350. The summed E-state index contributed by atoms with van der Waals surface area (Å²) in [6.45, 7) is 6.16. The third-order valence-corrected chi connectivity index (χ3v) is 6.14. The summed E-state index contributed by atoms with van der Waals surface area (Å²) in [7, 11) is 0. The number of nitrogens with zero attached hydrogens (tertiary/aromatic N) is 2. The highest BCUT2D eigenvalue weighted by Crippen LogP contribution is 2.45. The van der Waals surface area contributed by atoms with Gasteiger partial charge in [0.05, 0.1) is 23.9 Å². The van der Waals surface area contributed by atoms with Gasteiger partial charge in [-0.15, -0.1) is 0 Å². The minimum atomic E-state index is -0.382. The van der Waals surface area contributed by atoms with E-state index in [1.165, 1.54) is 0 Å². The number of aromatic nitrogens is 2. The molecule has 4 aromatic rings. The SMILES string of the molecule is CCOC(=O)c1ccc(N2C(=O)c3[nH]nc(-c4ccc(C)cc4)c3[C@H]2c2ccc(C)cc2)cc1. The van der Waals surface area contributed by atoms with Gasteiger partial charge in [0.15, 0.2) is 0 Å². The van der Waals surface area contributed by atoms with Gasteiger partial charge in [-0.05, 0) is 50.6 Å². The quantitative estimate of drug-likeness (QED) is 0.400. The summed E-state index contributed by atoms with van der Waals surface area (Å²) in [5.74, 6) is -0.539. The second-order valence-electron chi connectivity index (χ2n) is 8.48. The maximum absolute atomic E-state index is 13.6. The Hall–Kier alpha value is -4.19. The van der Waals surface area contributed by atoms with E-state index in [2.05, 4.69) is 10.2 Å². The predicted octanol–water partition coefficient (Wildman–Crippen LogP) is 5.62. The number of ether oxygens (including phenoxy) is 1. The maximum atomic E-state index is 13.6. The van der Waals surface area contributed by atoms with Gasteiger partial charge in [-0.3, -0.25) is 14.8 Å². The topological polar surface area (TPSA) is 75.3 Å². The molecule has 0 saturated carbocycles. The molecule has 5 rings (SSSR count). The first-order chi connectivity index (χ1) is 16.5. The number of H-pyrrole nitrogens is 1. The van der Waals surface area contributed by atoms with Gasteiger partial charge >= 0.3 is 5.97 Å². The number of aromatic amines is 1. The number of carbonyl (C=O) groups excluding carboxylic acids is 2. The van der Waals surface area contributed by atoms with Crippen molar-refractivity contribution in [1.82, 2.24) is 10.2 Å². The van der Waals surface area contributed by atoms with Crippen molar-refractivity contribution in [1.29, 1.82) is 0 Å². The first kappa shape index (κ1) is 21.6. The number of amides is 1. The lowest BCUT2D eigenvalue weighted by Crippen LogP contribution is -2.29. The van der Waals surface area contributed by atoms with Crippen LogP contribution in [0.2, 0.25) is 0 Å². The van der Waals surface area contributed by atoms with Gasteiger partial charge in [0.1, 0.15) is 5.69 Å². The van der Waals surface area contributed by atoms with Gasteiger partial charge in [0, 0.05) is 16.8 Å². The molecule has 0 fully saturated rings. The Morgan fingerprint density at radius 1 is 0.941 bits per heavy atom. The molecule has 1 atom stereocenters. The standard InChI is InChI=1S/C28H25N3O3/c1-4-34-28(33)21-13-15-22(16-14-21)31-26(20-11-7-18(3)8-12-20)23-24(29-30-25(23)27(31)32)19-9-5-17(2)6-10-19/h5-16,26H,4H2,1-3H3,(H,29,30)/t26-/m1/s1. The third kappa shape index (κ3) is 3.67. The minimum absolute atomic E-state index is 0.157. The van der Waals surface area contributed by atoms with E-state index >= 15 is 0 Å². The van der Waals surface area contributed by atoms with E-state index in [0.717, 1.165) is 33.5 Å². The summed E-state index contributed by atoms with van der Waals surface area (Å²) in [6.07, 6.45) is 0. The van der Waals surface area contributed by atoms with Crippen LogP contribution in [0, 0.1) is 13.8 Å². The number of esters is 1. The number of rotatable bonds is 5. The molecule has 3 aromatic carbocycles. The van der Waals surface area contributed by atoms with Crippen molar-refractivity contribution < 1.29 is 14.3 Å². The zero-order valence-electron chi connectivity index (χ0n) is 19.3. The first-order valence-electron chi connectivity index (χ1n) is 11.3. The van der Waals surface area contributed by atoms with Crippen molar-refractivity contribution >= 4 is 17.6 Å². The molecule has 6 heteroatoms. The van der Waals surface area contributed by atoms with Gasteiger partial charge in [-0.1, -0.05) is 59.7 Å². The van der Waals surface area contributed by atoms with Crippen molar-refractivity contribution in [2.45, 2.75) is 26.8 Å². The van der Waals surface area contributed by atoms with Crippen LogP contribution in [0.3, 0.4) is 0 Å². The minimum Gasteiger partial charge on any atom is -0.462 e. The number of anilines is 1. The highest BCUT2D eigenvalue weighted by Gasteiger charge is 2.43. The van der Waals surface area contributed by atoms with E-state index in [4.69, 9.17) is 4.74 Å². The maximum Gasteiger partial charge on any atom is 0.338 e. The third-order valence-electron chi connectivity index (χ3n) is 6.14. The van der Waals surface area contributed by atoms with E-state index in [0.29, 0.717) is 23.6 Å². The molecule has 0 unspecified atom stereocenters. The highest BCUT2D eigenvalue weighted by atomic mass is 16.5.